The van der Waals surface area contributed by atoms with Crippen molar-refractivity contribution in [3.63, 3.8) is 0 Å². The van der Waals surface area contributed by atoms with E-state index in [1.165, 1.54) is 13.8 Å². The van der Waals surface area contributed by atoms with Crippen LogP contribution < -0.4 is 9.47 Å². The number of carbonyl (C=O) groups excluding carboxylic acids is 5. The lowest BCUT2D eigenvalue weighted by Gasteiger charge is -2.57. The van der Waals surface area contributed by atoms with Crippen molar-refractivity contribution in [2.24, 2.45) is 5.92 Å². The summed E-state index contributed by atoms with van der Waals surface area (Å²) in [5.41, 5.74) is 1.71. The Kier molecular flexibility index (Phi) is 6.21. The third-order valence-electron chi connectivity index (χ3n) is 8.53. The summed E-state index contributed by atoms with van der Waals surface area (Å²) in [5.74, 6) is -1.42. The number of hydrogen-bond donors (Lipinski definition) is 0. The van der Waals surface area contributed by atoms with Crippen LogP contribution in [0, 0.1) is 5.92 Å². The first kappa shape index (κ1) is 25.5. The molecular weight excluding hydrogens is 508 g/mol. The summed E-state index contributed by atoms with van der Waals surface area (Å²) >= 11 is 0. The van der Waals surface area contributed by atoms with E-state index in [-0.39, 0.29) is 31.2 Å². The number of piperidine rings is 1. The Morgan fingerprint density at radius 3 is 2.56 bits per heavy atom. The van der Waals surface area contributed by atoms with Gasteiger partial charge in [0.05, 0.1) is 0 Å². The van der Waals surface area contributed by atoms with Gasteiger partial charge in [-0.3, -0.25) is 24.1 Å². The third kappa shape index (κ3) is 4.10. The summed E-state index contributed by atoms with van der Waals surface area (Å²) in [4.78, 5) is 66.9. The van der Waals surface area contributed by atoms with Gasteiger partial charge >= 0.3 is 17.9 Å². The second-order valence-corrected chi connectivity index (χ2v) is 10.8. The number of esters is 2. The molecule has 1 aromatic rings. The highest BCUT2D eigenvalue weighted by molar-refractivity contribution is 6.01. The molecule has 2 amide bonds. The summed E-state index contributed by atoms with van der Waals surface area (Å²) in [6.07, 6.45) is 5.19. The van der Waals surface area contributed by atoms with Crippen molar-refractivity contribution < 1.29 is 43.0 Å². The molecule has 5 atom stereocenters. The van der Waals surface area contributed by atoms with Gasteiger partial charge in [0.15, 0.2) is 17.6 Å². The molecule has 2 aliphatic carbocycles. The average molecular weight is 539 g/mol. The maximum atomic E-state index is 12.3. The number of amides is 2. The molecule has 2 fully saturated rings. The molecule has 3 aliphatic heterocycles. The molecule has 3 heterocycles. The van der Waals surface area contributed by atoms with Gasteiger partial charge in [0.25, 0.3) is 11.8 Å². The fourth-order valence-corrected chi connectivity index (χ4v) is 7.14. The van der Waals surface area contributed by atoms with E-state index >= 15 is 0 Å². The van der Waals surface area contributed by atoms with E-state index in [0.29, 0.717) is 29.5 Å². The van der Waals surface area contributed by atoms with Crippen molar-refractivity contribution >= 4 is 29.7 Å². The Labute approximate surface area is 224 Å². The molecule has 6 rings (SSSR count). The Hall–Kier alpha value is -3.73. The third-order valence-corrected chi connectivity index (χ3v) is 8.53. The average Bonchev–Trinajstić information content (AvgIpc) is 3.39. The summed E-state index contributed by atoms with van der Waals surface area (Å²) in [5, 5.41) is 0.583. The first-order chi connectivity index (χ1) is 18.7. The van der Waals surface area contributed by atoms with Crippen LogP contribution in [0.1, 0.15) is 57.1 Å². The standard InChI is InChI=1S/C28H30N2O9/c1-15(31)36-20-7-5-17-14-19-18-6-8-21(37-16(2)32)27-28(18,25(17)26(20)38-27)11-13-29(19)12-3-4-24(35)39-30-22(33)9-10-23(30)34/h5-8,18-19,21,27H,3-4,9-14H2,1-2H3/t18-,19?,21-,27-,28-/m0/s1. The van der Waals surface area contributed by atoms with E-state index < -0.39 is 47.3 Å². The number of hydrogen-bond acceptors (Lipinski definition) is 10. The first-order valence-electron chi connectivity index (χ1n) is 13.4. The summed E-state index contributed by atoms with van der Waals surface area (Å²) in [6, 6.07) is 3.86. The molecule has 1 unspecified atom stereocenters. The van der Waals surface area contributed by atoms with Crippen LogP contribution in [0.5, 0.6) is 11.5 Å². The van der Waals surface area contributed by atoms with Crippen molar-refractivity contribution in [2.45, 2.75) is 76.0 Å². The second kappa shape index (κ2) is 9.48. The van der Waals surface area contributed by atoms with Gasteiger partial charge in [-0.25, -0.2) is 4.79 Å². The van der Waals surface area contributed by atoms with Gasteiger partial charge in [0.2, 0.25) is 0 Å². The number of rotatable bonds is 7. The van der Waals surface area contributed by atoms with Gasteiger partial charge in [-0.05, 0) is 50.1 Å². The molecule has 2 saturated heterocycles. The van der Waals surface area contributed by atoms with E-state index in [9.17, 15) is 24.0 Å². The molecule has 0 radical (unpaired) electrons. The topological polar surface area (TPSA) is 129 Å². The van der Waals surface area contributed by atoms with Gasteiger partial charge in [-0.1, -0.05) is 12.1 Å². The minimum atomic E-state index is -0.602. The first-order valence-corrected chi connectivity index (χ1v) is 13.4. The van der Waals surface area contributed by atoms with Crippen LogP contribution in [-0.2, 0) is 45.4 Å². The molecule has 2 bridgehead atoms. The minimum absolute atomic E-state index is 0.0623. The molecule has 206 valence electrons. The van der Waals surface area contributed by atoms with Gasteiger partial charge in [-0.2, -0.15) is 0 Å². The normalized spacial score (nSPS) is 30.1. The molecule has 5 aliphatic rings. The summed E-state index contributed by atoms with van der Waals surface area (Å²) in [7, 11) is 0. The highest BCUT2D eigenvalue weighted by Crippen LogP contribution is 2.63. The molecule has 11 heteroatoms. The van der Waals surface area contributed by atoms with Crippen LogP contribution in [-0.4, -0.2) is 71.0 Å². The molecular formula is C28H30N2O9. The van der Waals surface area contributed by atoms with E-state index in [0.717, 1.165) is 30.5 Å². The molecule has 1 aromatic carbocycles. The van der Waals surface area contributed by atoms with Crippen LogP contribution in [0.3, 0.4) is 0 Å². The summed E-state index contributed by atoms with van der Waals surface area (Å²) < 4.78 is 17.7. The van der Waals surface area contributed by atoms with Crippen LogP contribution in [0.15, 0.2) is 24.3 Å². The largest absolute Gasteiger partial charge is 0.481 e. The lowest BCUT2D eigenvalue weighted by molar-refractivity contribution is -0.197. The monoisotopic (exact) mass is 538 g/mol. The van der Waals surface area contributed by atoms with Crippen LogP contribution in [0.25, 0.3) is 0 Å². The zero-order valence-corrected chi connectivity index (χ0v) is 21.8. The maximum Gasteiger partial charge on any atom is 0.333 e. The Bertz CT molecular complexity index is 1290. The number of carbonyl (C=O) groups is 5. The Balaban J connectivity index is 1.23. The zero-order valence-electron chi connectivity index (χ0n) is 21.8. The van der Waals surface area contributed by atoms with Crippen LogP contribution in [0.4, 0.5) is 0 Å². The second-order valence-electron chi connectivity index (χ2n) is 10.8. The van der Waals surface area contributed by atoms with Crippen LogP contribution >= 0.6 is 0 Å². The lowest BCUT2D eigenvalue weighted by atomic mass is 9.53. The highest BCUT2D eigenvalue weighted by Gasteiger charge is 2.65. The Morgan fingerprint density at radius 2 is 1.85 bits per heavy atom. The fourth-order valence-electron chi connectivity index (χ4n) is 7.14. The van der Waals surface area contributed by atoms with Crippen LogP contribution in [0.2, 0.25) is 0 Å². The number of likely N-dealkylation sites (tertiary alicyclic amines) is 1. The Morgan fingerprint density at radius 1 is 1.08 bits per heavy atom. The maximum absolute atomic E-state index is 12.3. The molecule has 0 saturated carbocycles. The smallest absolute Gasteiger partial charge is 0.333 e. The van der Waals surface area contributed by atoms with Gasteiger partial charge < -0.3 is 19.0 Å². The SMILES string of the molecule is CC(=O)Oc1ccc2c3c1O[C@H]1[C@@H](OC(C)=O)C=C[C@H]4C(C2)N(CCCC(=O)ON2C(=O)CCC2=O)CC[C@@]341. The fraction of sp³-hybridized carbons (Fsp3) is 0.536. The number of benzene rings is 1. The number of hydroxylamine groups is 2. The molecule has 0 aromatic heterocycles. The van der Waals surface area contributed by atoms with Gasteiger partial charge in [0.1, 0.15) is 6.10 Å². The summed E-state index contributed by atoms with van der Waals surface area (Å²) in [6.45, 7) is 4.09. The molecule has 11 nitrogen and oxygen atoms in total. The van der Waals surface area contributed by atoms with Gasteiger partial charge in [-0.15, -0.1) is 5.06 Å². The van der Waals surface area contributed by atoms with E-state index in [1.807, 2.05) is 12.1 Å². The highest BCUT2D eigenvalue weighted by atomic mass is 16.7. The predicted octanol–water partition coefficient (Wildman–Crippen LogP) is 1.75. The molecule has 39 heavy (non-hydrogen) atoms. The molecule has 0 N–H and O–H groups in total. The number of nitrogens with zero attached hydrogens (tertiary/aromatic N) is 2. The predicted molar refractivity (Wildman–Crippen MR) is 132 cm³/mol. The number of imide groups is 1. The van der Waals surface area contributed by atoms with E-state index in [2.05, 4.69) is 11.0 Å². The zero-order chi connectivity index (χ0) is 27.5. The van der Waals surface area contributed by atoms with Crippen molar-refractivity contribution in [3.8, 4) is 11.5 Å². The van der Waals surface area contributed by atoms with E-state index in [4.69, 9.17) is 19.0 Å². The minimum Gasteiger partial charge on any atom is -0.481 e. The quantitative estimate of drug-likeness (QED) is 0.219. The van der Waals surface area contributed by atoms with Crippen molar-refractivity contribution in [1.29, 1.82) is 0 Å². The van der Waals surface area contributed by atoms with Crippen molar-refractivity contribution in [1.82, 2.24) is 9.96 Å². The molecule has 1 spiro atoms. The van der Waals surface area contributed by atoms with Crippen molar-refractivity contribution in [3.05, 3.63) is 35.4 Å². The number of ether oxygens (including phenoxy) is 3. The lowest BCUT2D eigenvalue weighted by Crippen LogP contribution is -2.65. The van der Waals surface area contributed by atoms with Gasteiger partial charge in [0, 0.05) is 56.0 Å². The van der Waals surface area contributed by atoms with E-state index in [1.54, 1.807) is 6.07 Å². The van der Waals surface area contributed by atoms with Crippen molar-refractivity contribution in [2.75, 3.05) is 13.1 Å².